The van der Waals surface area contributed by atoms with Crippen molar-refractivity contribution in [3.8, 4) is 0 Å². The second-order valence-electron chi connectivity index (χ2n) is 9.14. The minimum Gasteiger partial charge on any atom is -0.355 e. The molecule has 0 unspecified atom stereocenters. The second kappa shape index (κ2) is 12.9. The highest BCUT2D eigenvalue weighted by atomic mass is 35.5. The molecule has 0 saturated carbocycles. The van der Waals surface area contributed by atoms with Gasteiger partial charge in [-0.3, -0.25) is 13.9 Å². The van der Waals surface area contributed by atoms with Crippen LogP contribution < -0.4 is 9.62 Å². The number of benzene rings is 3. The molecule has 0 aliphatic rings. The predicted octanol–water partition coefficient (Wildman–Crippen LogP) is 5.10. The van der Waals surface area contributed by atoms with Crippen LogP contribution in [-0.4, -0.2) is 44.3 Å². The average molecular weight is 556 g/mol. The monoisotopic (exact) mass is 555 g/mol. The molecule has 0 aliphatic carbocycles. The first-order valence-electron chi connectivity index (χ1n) is 12.5. The highest BCUT2D eigenvalue weighted by molar-refractivity contribution is 7.92. The number of nitrogens with zero attached hydrogens (tertiary/aromatic N) is 2. The van der Waals surface area contributed by atoms with E-state index in [1.807, 2.05) is 33.8 Å². The first-order valence-corrected chi connectivity index (χ1v) is 14.4. The number of nitrogens with one attached hydrogen (secondary N) is 1. The van der Waals surface area contributed by atoms with Crippen LogP contribution in [0.15, 0.2) is 77.7 Å². The van der Waals surface area contributed by atoms with Crippen molar-refractivity contribution in [3.63, 3.8) is 0 Å². The normalized spacial score (nSPS) is 12.0. The Labute approximate surface area is 230 Å². The molecule has 0 aliphatic heterocycles. The molecule has 0 saturated heterocycles. The van der Waals surface area contributed by atoms with Crippen LogP contribution in [0, 0.1) is 13.8 Å². The Hall–Kier alpha value is -3.36. The van der Waals surface area contributed by atoms with Gasteiger partial charge in [-0.1, -0.05) is 54.9 Å². The van der Waals surface area contributed by atoms with E-state index < -0.39 is 28.5 Å². The third-order valence-corrected chi connectivity index (χ3v) is 8.15. The van der Waals surface area contributed by atoms with Crippen LogP contribution >= 0.6 is 11.6 Å². The lowest BCUT2D eigenvalue weighted by molar-refractivity contribution is -0.140. The maximum Gasteiger partial charge on any atom is 0.264 e. The van der Waals surface area contributed by atoms with Gasteiger partial charge in [-0.25, -0.2) is 8.42 Å². The average Bonchev–Trinajstić information content (AvgIpc) is 2.88. The van der Waals surface area contributed by atoms with Gasteiger partial charge in [-0.15, -0.1) is 0 Å². The summed E-state index contributed by atoms with van der Waals surface area (Å²) in [5, 5.41) is 3.35. The molecular weight excluding hydrogens is 522 g/mol. The fraction of sp³-hybridized carbons (Fsp3) is 0.310. The number of halogens is 1. The zero-order chi connectivity index (χ0) is 27.9. The van der Waals surface area contributed by atoms with Crippen LogP contribution in [0.1, 0.15) is 37.0 Å². The molecule has 3 rings (SSSR count). The van der Waals surface area contributed by atoms with Crippen molar-refractivity contribution in [1.29, 1.82) is 0 Å². The number of aryl methyl sites for hydroxylation is 2. The Bertz CT molecular complexity index is 1340. The molecule has 3 aromatic rings. The lowest BCUT2D eigenvalue weighted by Gasteiger charge is -2.33. The lowest BCUT2D eigenvalue weighted by Crippen LogP contribution is -2.52. The largest absolute Gasteiger partial charge is 0.355 e. The van der Waals surface area contributed by atoms with Crippen molar-refractivity contribution in [1.82, 2.24) is 10.2 Å². The van der Waals surface area contributed by atoms with E-state index in [-0.39, 0.29) is 17.3 Å². The van der Waals surface area contributed by atoms with Gasteiger partial charge in [0.05, 0.1) is 10.6 Å². The molecule has 1 atom stereocenters. The highest BCUT2D eigenvalue weighted by Crippen LogP contribution is 2.27. The summed E-state index contributed by atoms with van der Waals surface area (Å²) >= 11 is 6.04. The maximum absolute atomic E-state index is 14.0. The fourth-order valence-electron chi connectivity index (χ4n) is 4.34. The molecule has 9 heteroatoms. The SMILES string of the molecule is CCNC(=O)[C@@H](CC)N(Cc1ccc(Cl)cc1)C(=O)CN(c1cc(C)cc(C)c1)S(=O)(=O)c1ccccc1. The van der Waals surface area contributed by atoms with Crippen molar-refractivity contribution in [2.75, 3.05) is 17.4 Å². The van der Waals surface area contributed by atoms with E-state index in [4.69, 9.17) is 11.6 Å². The van der Waals surface area contributed by atoms with Crippen LogP contribution in [-0.2, 0) is 26.2 Å². The number of anilines is 1. The van der Waals surface area contributed by atoms with E-state index >= 15 is 0 Å². The van der Waals surface area contributed by atoms with Crippen LogP contribution in [0.5, 0.6) is 0 Å². The van der Waals surface area contributed by atoms with Crippen LogP contribution in [0.3, 0.4) is 0 Å². The zero-order valence-corrected chi connectivity index (χ0v) is 23.7. The standard InChI is InChI=1S/C29H34ClN3O4S/c1-5-27(29(35)31-6-2)32(19-23-12-14-24(30)15-13-23)28(34)20-33(25-17-21(3)16-22(4)18-25)38(36,37)26-10-8-7-9-11-26/h7-18,27H,5-6,19-20H2,1-4H3,(H,31,35)/t27-/m1/s1. The molecule has 0 heterocycles. The summed E-state index contributed by atoms with van der Waals surface area (Å²) in [4.78, 5) is 28.5. The number of hydrogen-bond donors (Lipinski definition) is 1. The number of amides is 2. The molecular formula is C29H34ClN3O4S. The summed E-state index contributed by atoms with van der Waals surface area (Å²) in [6.07, 6.45) is 0.361. The molecule has 2 amide bonds. The van der Waals surface area contributed by atoms with Crippen molar-refractivity contribution in [2.45, 2.75) is 51.6 Å². The van der Waals surface area contributed by atoms with E-state index in [1.165, 1.54) is 17.0 Å². The zero-order valence-electron chi connectivity index (χ0n) is 22.1. The molecule has 3 aromatic carbocycles. The Kier molecular flexibility index (Phi) is 9.94. The molecule has 1 N–H and O–H groups in total. The molecule has 202 valence electrons. The summed E-state index contributed by atoms with van der Waals surface area (Å²) in [6.45, 7) is 7.45. The number of rotatable bonds is 11. The maximum atomic E-state index is 14.0. The van der Waals surface area contributed by atoms with Gasteiger partial charge in [0, 0.05) is 18.1 Å². The van der Waals surface area contributed by atoms with Gasteiger partial charge >= 0.3 is 0 Å². The number of likely N-dealkylation sites (N-methyl/N-ethyl adjacent to an activating group) is 1. The number of carbonyl (C=O) groups excluding carboxylic acids is 2. The third kappa shape index (κ3) is 7.14. The van der Waals surface area contributed by atoms with Gasteiger partial charge in [0.2, 0.25) is 11.8 Å². The second-order valence-corrected chi connectivity index (χ2v) is 11.4. The summed E-state index contributed by atoms with van der Waals surface area (Å²) in [6, 6.07) is 19.7. The van der Waals surface area contributed by atoms with Gasteiger partial charge in [0.25, 0.3) is 10.0 Å². The molecule has 0 aromatic heterocycles. The summed E-state index contributed by atoms with van der Waals surface area (Å²) < 4.78 is 28.8. The van der Waals surface area contributed by atoms with Crippen molar-refractivity contribution < 1.29 is 18.0 Å². The van der Waals surface area contributed by atoms with Crippen LogP contribution in [0.4, 0.5) is 5.69 Å². The van der Waals surface area contributed by atoms with E-state index in [0.29, 0.717) is 23.7 Å². The first kappa shape index (κ1) is 29.2. The summed E-state index contributed by atoms with van der Waals surface area (Å²) in [7, 11) is -4.09. The lowest BCUT2D eigenvalue weighted by atomic mass is 10.1. The van der Waals surface area contributed by atoms with Gasteiger partial charge in [-0.2, -0.15) is 0 Å². The van der Waals surface area contributed by atoms with E-state index in [0.717, 1.165) is 21.0 Å². The number of hydrogen-bond acceptors (Lipinski definition) is 4. The van der Waals surface area contributed by atoms with Crippen molar-refractivity contribution in [2.24, 2.45) is 0 Å². The summed E-state index contributed by atoms with van der Waals surface area (Å²) in [5.74, 6) is -0.780. The molecule has 0 fully saturated rings. The number of carbonyl (C=O) groups is 2. The minimum absolute atomic E-state index is 0.0759. The highest BCUT2D eigenvalue weighted by Gasteiger charge is 2.33. The van der Waals surface area contributed by atoms with Gasteiger partial charge < -0.3 is 10.2 Å². The Morgan fingerprint density at radius 3 is 2.08 bits per heavy atom. The van der Waals surface area contributed by atoms with E-state index in [2.05, 4.69) is 5.32 Å². The van der Waals surface area contributed by atoms with Crippen LogP contribution in [0.25, 0.3) is 0 Å². The smallest absolute Gasteiger partial charge is 0.264 e. The minimum atomic E-state index is -4.09. The Morgan fingerprint density at radius 2 is 1.53 bits per heavy atom. The van der Waals surface area contributed by atoms with E-state index in [9.17, 15) is 18.0 Å². The summed E-state index contributed by atoms with van der Waals surface area (Å²) in [5.41, 5.74) is 2.89. The van der Waals surface area contributed by atoms with Gasteiger partial charge in [0.1, 0.15) is 12.6 Å². The topological polar surface area (TPSA) is 86.8 Å². The molecule has 7 nitrogen and oxygen atoms in total. The van der Waals surface area contributed by atoms with Gasteiger partial charge in [-0.05, 0) is 80.3 Å². The fourth-order valence-corrected chi connectivity index (χ4v) is 5.89. The molecule has 0 radical (unpaired) electrons. The van der Waals surface area contributed by atoms with Gasteiger partial charge in [0.15, 0.2) is 0 Å². The van der Waals surface area contributed by atoms with E-state index in [1.54, 1.807) is 54.6 Å². The molecule has 38 heavy (non-hydrogen) atoms. The van der Waals surface area contributed by atoms with Crippen molar-refractivity contribution in [3.05, 3.63) is 94.5 Å². The first-order chi connectivity index (χ1) is 18.1. The molecule has 0 spiro atoms. The Morgan fingerprint density at radius 1 is 0.921 bits per heavy atom. The van der Waals surface area contributed by atoms with Crippen molar-refractivity contribution >= 4 is 39.1 Å². The number of sulfonamides is 1. The predicted molar refractivity (Wildman–Crippen MR) is 152 cm³/mol. The quantitative estimate of drug-likeness (QED) is 0.357. The Balaban J connectivity index is 2.07. The molecule has 0 bridgehead atoms. The third-order valence-electron chi connectivity index (χ3n) is 6.11. The van der Waals surface area contributed by atoms with Crippen LogP contribution in [0.2, 0.25) is 5.02 Å².